The maximum Gasteiger partial charge on any atom is 0.254 e. The molecule has 0 radical (unpaired) electrons. The number of amides is 1. The topological polar surface area (TPSA) is 41.5 Å². The molecule has 0 aliphatic heterocycles. The molecule has 0 heterocycles. The number of alkyl halides is 1. The third-order valence-corrected chi connectivity index (χ3v) is 0.682. The number of nitrogens with one attached hydrogen (secondary N) is 1. The van der Waals surface area contributed by atoms with Crippen molar-refractivity contribution in [3.8, 4) is 0 Å². The summed E-state index contributed by atoms with van der Waals surface area (Å²) in [5.41, 5.74) is 2.18. The lowest BCUT2D eigenvalue weighted by molar-refractivity contribution is -0.118. The summed E-state index contributed by atoms with van der Waals surface area (Å²) >= 11 is 5.10. The van der Waals surface area contributed by atoms with Crippen molar-refractivity contribution in [1.82, 2.24) is 5.43 Å². The molecule has 0 bridgehead atoms. The number of carbonyl (C=O) groups excluding carboxylic acids is 1. The zero-order valence-electron chi connectivity index (χ0n) is 4.52. The van der Waals surface area contributed by atoms with Crippen LogP contribution in [-0.2, 0) is 4.79 Å². The molecule has 0 aromatic carbocycles. The Morgan fingerprint density at radius 3 is 3.00 bits per heavy atom. The van der Waals surface area contributed by atoms with E-state index in [-0.39, 0.29) is 11.8 Å². The van der Waals surface area contributed by atoms with Crippen LogP contribution in [0.15, 0.2) is 5.10 Å². The summed E-state index contributed by atoms with van der Waals surface area (Å²) in [7, 11) is 0. The fraction of sp³-hybridized carbons (Fsp3) is 0.500. The summed E-state index contributed by atoms with van der Waals surface area (Å²) in [6.45, 7) is 1.70. The quantitative estimate of drug-likeness (QED) is 0.331. The van der Waals surface area contributed by atoms with Crippen molar-refractivity contribution in [1.29, 1.82) is 0 Å². The predicted molar refractivity (Wildman–Crippen MR) is 33.0 cm³/mol. The van der Waals surface area contributed by atoms with Crippen molar-refractivity contribution in [2.45, 2.75) is 6.92 Å². The van der Waals surface area contributed by atoms with Gasteiger partial charge in [0, 0.05) is 6.21 Å². The second-order valence-electron chi connectivity index (χ2n) is 1.06. The van der Waals surface area contributed by atoms with Crippen LogP contribution in [-0.4, -0.2) is 18.0 Å². The van der Waals surface area contributed by atoms with Crippen LogP contribution in [0.5, 0.6) is 0 Å². The predicted octanol–water partition coefficient (Wildman–Crippen LogP) is 0.347. The lowest BCUT2D eigenvalue weighted by Crippen LogP contribution is -2.17. The van der Waals surface area contributed by atoms with Gasteiger partial charge >= 0.3 is 0 Å². The van der Waals surface area contributed by atoms with E-state index in [2.05, 4.69) is 10.5 Å². The molecule has 8 heavy (non-hydrogen) atoms. The fourth-order valence-corrected chi connectivity index (χ4v) is 0.226. The first-order valence-corrected chi connectivity index (χ1v) is 2.67. The second-order valence-corrected chi connectivity index (χ2v) is 1.32. The molecule has 0 fully saturated rings. The highest BCUT2D eigenvalue weighted by molar-refractivity contribution is 6.27. The molecule has 4 heteroatoms. The molecule has 0 aromatic rings. The van der Waals surface area contributed by atoms with Crippen LogP contribution in [0.2, 0.25) is 0 Å². The number of nitrogens with zero attached hydrogens (tertiary/aromatic N) is 1. The van der Waals surface area contributed by atoms with Gasteiger partial charge in [0.15, 0.2) is 0 Å². The molecule has 0 aromatic heterocycles. The number of carbonyl (C=O) groups is 1. The molecule has 1 N–H and O–H groups in total. The standard InChI is InChI=1S/C4H7ClN2O/c1-2-6-7-4(8)3-5/h2H,3H2,1H3,(H,7,8)/b6-2+. The van der Waals surface area contributed by atoms with E-state index in [0.717, 1.165) is 0 Å². The van der Waals surface area contributed by atoms with Gasteiger partial charge in [-0.2, -0.15) is 5.10 Å². The molecule has 0 saturated heterocycles. The Morgan fingerprint density at radius 2 is 2.62 bits per heavy atom. The maximum absolute atomic E-state index is 10.2. The first-order valence-electron chi connectivity index (χ1n) is 2.13. The van der Waals surface area contributed by atoms with Gasteiger partial charge in [-0.05, 0) is 6.92 Å². The molecule has 0 aliphatic rings. The lowest BCUT2D eigenvalue weighted by Gasteiger charge is -1.88. The highest BCUT2D eigenvalue weighted by atomic mass is 35.5. The number of hydrazone groups is 1. The fourth-order valence-electron chi connectivity index (χ4n) is 0.166. The molecule has 0 rings (SSSR count). The molecule has 0 aliphatic carbocycles. The van der Waals surface area contributed by atoms with Crippen LogP contribution in [0.3, 0.4) is 0 Å². The van der Waals surface area contributed by atoms with Gasteiger partial charge in [-0.1, -0.05) is 0 Å². The Bertz CT molecular complexity index is 102. The normalized spacial score (nSPS) is 9.75. The molecule has 46 valence electrons. The van der Waals surface area contributed by atoms with Crippen LogP contribution in [0, 0.1) is 0 Å². The van der Waals surface area contributed by atoms with E-state index in [0.29, 0.717) is 0 Å². The van der Waals surface area contributed by atoms with Gasteiger partial charge in [-0.3, -0.25) is 4.79 Å². The minimum atomic E-state index is -0.287. The van der Waals surface area contributed by atoms with Crippen LogP contribution in [0.25, 0.3) is 0 Å². The SMILES string of the molecule is C/C=N/NC(=O)CCl. The van der Waals surface area contributed by atoms with Gasteiger partial charge in [0.1, 0.15) is 5.88 Å². The van der Waals surface area contributed by atoms with Crippen molar-refractivity contribution in [2.75, 3.05) is 5.88 Å². The second kappa shape index (κ2) is 4.59. The summed E-state index contributed by atoms with van der Waals surface area (Å²) < 4.78 is 0. The first kappa shape index (κ1) is 7.43. The molecule has 1 amide bonds. The average Bonchev–Trinajstić information content (AvgIpc) is 1.83. The van der Waals surface area contributed by atoms with Crippen molar-refractivity contribution in [3.05, 3.63) is 0 Å². The summed E-state index contributed by atoms with van der Waals surface area (Å²) in [4.78, 5) is 10.2. The Kier molecular flexibility index (Phi) is 4.26. The Balaban J connectivity index is 3.25. The number of halogens is 1. The van der Waals surface area contributed by atoms with Crippen LogP contribution < -0.4 is 5.43 Å². The molecule has 0 saturated carbocycles. The summed E-state index contributed by atoms with van der Waals surface area (Å²) in [6.07, 6.45) is 1.48. The Hall–Kier alpha value is -0.570. The molecular formula is C4H7ClN2O. The van der Waals surface area contributed by atoms with E-state index in [4.69, 9.17) is 11.6 Å². The van der Waals surface area contributed by atoms with Crippen molar-refractivity contribution in [2.24, 2.45) is 5.10 Å². The smallest absolute Gasteiger partial charge is 0.254 e. The zero-order valence-corrected chi connectivity index (χ0v) is 5.27. The third kappa shape index (κ3) is 3.61. The van der Waals surface area contributed by atoms with Gasteiger partial charge in [0.05, 0.1) is 0 Å². The molecule has 3 nitrogen and oxygen atoms in total. The van der Waals surface area contributed by atoms with E-state index in [1.807, 2.05) is 0 Å². The van der Waals surface area contributed by atoms with E-state index >= 15 is 0 Å². The van der Waals surface area contributed by atoms with Gasteiger partial charge in [-0.15, -0.1) is 11.6 Å². The molecule has 0 spiro atoms. The van der Waals surface area contributed by atoms with E-state index < -0.39 is 0 Å². The largest absolute Gasteiger partial charge is 0.272 e. The van der Waals surface area contributed by atoms with E-state index in [1.54, 1.807) is 6.92 Å². The summed E-state index contributed by atoms with van der Waals surface area (Å²) in [5.74, 6) is -0.332. The zero-order chi connectivity index (χ0) is 6.41. The van der Waals surface area contributed by atoms with Crippen LogP contribution >= 0.6 is 11.6 Å². The summed E-state index contributed by atoms with van der Waals surface area (Å²) in [6, 6.07) is 0. The molecule has 0 unspecified atom stereocenters. The monoisotopic (exact) mass is 134 g/mol. The van der Waals surface area contributed by atoms with Gasteiger partial charge in [0.25, 0.3) is 5.91 Å². The Morgan fingerprint density at radius 1 is 2.00 bits per heavy atom. The average molecular weight is 135 g/mol. The van der Waals surface area contributed by atoms with Gasteiger partial charge < -0.3 is 0 Å². The Labute approximate surface area is 52.7 Å². The van der Waals surface area contributed by atoms with Gasteiger partial charge in [-0.25, -0.2) is 5.43 Å². The van der Waals surface area contributed by atoms with Crippen molar-refractivity contribution in [3.63, 3.8) is 0 Å². The van der Waals surface area contributed by atoms with Crippen LogP contribution in [0.1, 0.15) is 6.92 Å². The highest BCUT2D eigenvalue weighted by Crippen LogP contribution is 1.71. The lowest BCUT2D eigenvalue weighted by atomic mass is 10.7. The number of hydrogen-bond donors (Lipinski definition) is 1. The van der Waals surface area contributed by atoms with Crippen molar-refractivity contribution < 1.29 is 4.79 Å². The first-order chi connectivity index (χ1) is 3.81. The molecule has 0 atom stereocenters. The molecular weight excluding hydrogens is 128 g/mol. The minimum absolute atomic E-state index is 0.0443. The summed E-state index contributed by atoms with van der Waals surface area (Å²) in [5, 5.41) is 3.43. The number of rotatable bonds is 2. The highest BCUT2D eigenvalue weighted by Gasteiger charge is 1.90. The number of hydrogen-bond acceptors (Lipinski definition) is 2. The van der Waals surface area contributed by atoms with E-state index in [9.17, 15) is 4.79 Å². The van der Waals surface area contributed by atoms with E-state index in [1.165, 1.54) is 6.21 Å². The minimum Gasteiger partial charge on any atom is -0.272 e. The van der Waals surface area contributed by atoms with Crippen LogP contribution in [0.4, 0.5) is 0 Å². The third-order valence-electron chi connectivity index (χ3n) is 0.440. The maximum atomic E-state index is 10.2. The van der Waals surface area contributed by atoms with Gasteiger partial charge in [0.2, 0.25) is 0 Å². The van der Waals surface area contributed by atoms with Crippen molar-refractivity contribution >= 4 is 23.7 Å².